The summed E-state index contributed by atoms with van der Waals surface area (Å²) in [4.78, 5) is 12.7. The maximum Gasteiger partial charge on any atom is 0.306 e. The van der Waals surface area contributed by atoms with E-state index in [-0.39, 0.29) is 44.8 Å². The van der Waals surface area contributed by atoms with Crippen molar-refractivity contribution in [2.75, 3.05) is 11.5 Å². The van der Waals surface area contributed by atoms with Crippen LogP contribution in [0.5, 0.6) is 0 Å². The van der Waals surface area contributed by atoms with Crippen molar-refractivity contribution in [2.24, 2.45) is 51.2 Å². The molecule has 1 heterocycles. The number of H-pyrrole nitrogens is 1. The number of para-hydroxylation sites is 1. The number of anilines is 2. The van der Waals surface area contributed by atoms with E-state index in [0.717, 1.165) is 55.7 Å². The third-order valence-electron chi connectivity index (χ3n) is 14.4. The van der Waals surface area contributed by atoms with Crippen LogP contribution >= 0.6 is 0 Å². The topological polar surface area (TPSA) is 118 Å². The van der Waals surface area contributed by atoms with Gasteiger partial charge in [0.05, 0.1) is 11.6 Å². The number of carboxylic acid groups (broad SMARTS) is 1. The number of aromatic nitrogens is 2. The fourth-order valence-corrected chi connectivity index (χ4v) is 12.4. The predicted octanol–water partition coefficient (Wildman–Crippen LogP) is 7.86. The van der Waals surface area contributed by atoms with Gasteiger partial charge in [-0.2, -0.15) is 5.10 Å². The Balaban J connectivity index is 1.47. The minimum atomic E-state index is -0.612. The quantitative estimate of drug-likeness (QED) is 0.268. The molecule has 3 fully saturated rings. The molecule has 3 saturated carbocycles. The van der Waals surface area contributed by atoms with Crippen molar-refractivity contribution in [1.29, 1.82) is 0 Å². The van der Waals surface area contributed by atoms with Gasteiger partial charge in [-0.1, -0.05) is 72.2 Å². The number of aromatic amines is 1. The van der Waals surface area contributed by atoms with Crippen molar-refractivity contribution in [2.45, 2.75) is 105 Å². The molecule has 2 aromatic rings. The highest BCUT2D eigenvalue weighted by molar-refractivity contribution is 5.80. The number of rotatable bonds is 2. The monoisotopic (exact) mass is 584 g/mol. The molecule has 7 rings (SSSR count). The fraction of sp³-hybridized carbons (Fsp3) is 0.676. The summed E-state index contributed by atoms with van der Waals surface area (Å²) >= 11 is 0. The first-order valence-electron chi connectivity index (χ1n) is 16.7. The zero-order chi connectivity index (χ0) is 30.9. The van der Waals surface area contributed by atoms with Crippen LogP contribution < -0.4 is 11.5 Å². The average molecular weight is 585 g/mol. The molecule has 5 aliphatic carbocycles. The van der Waals surface area contributed by atoms with Crippen molar-refractivity contribution in [3.63, 3.8) is 0 Å². The molecule has 0 aliphatic heterocycles. The Morgan fingerprint density at radius 3 is 2.40 bits per heavy atom. The lowest BCUT2D eigenvalue weighted by Gasteiger charge is -2.70. The summed E-state index contributed by atoms with van der Waals surface area (Å²) in [6.07, 6.45) is 8.12. The first-order chi connectivity index (χ1) is 20.0. The number of carboxylic acids is 1. The summed E-state index contributed by atoms with van der Waals surface area (Å²) in [5.41, 5.74) is 20.8. The second-order valence-corrected chi connectivity index (χ2v) is 17.3. The molecular formula is C37H52N4O2. The molecule has 1 aromatic carbocycles. The van der Waals surface area contributed by atoms with Crippen molar-refractivity contribution in [1.82, 2.24) is 10.2 Å². The van der Waals surface area contributed by atoms with Gasteiger partial charge in [-0.25, -0.2) is 0 Å². The van der Waals surface area contributed by atoms with Gasteiger partial charge < -0.3 is 16.6 Å². The molecule has 0 radical (unpaired) electrons. The molecule has 6 heteroatoms. The molecule has 43 heavy (non-hydrogen) atoms. The highest BCUT2D eigenvalue weighted by Gasteiger charge is 2.68. The van der Waals surface area contributed by atoms with E-state index in [4.69, 9.17) is 16.6 Å². The average Bonchev–Trinajstić information content (AvgIpc) is 3.28. The summed E-state index contributed by atoms with van der Waals surface area (Å²) in [6, 6.07) is 8.44. The van der Waals surface area contributed by atoms with Gasteiger partial charge in [-0.3, -0.25) is 9.89 Å². The lowest BCUT2D eigenvalue weighted by molar-refractivity contribution is -0.161. The highest BCUT2D eigenvalue weighted by Crippen LogP contribution is 2.76. The zero-order valence-electron chi connectivity index (χ0n) is 27.3. The van der Waals surface area contributed by atoms with Gasteiger partial charge in [-0.15, -0.1) is 0 Å². The van der Waals surface area contributed by atoms with Crippen molar-refractivity contribution in [3.05, 3.63) is 46.7 Å². The van der Waals surface area contributed by atoms with Crippen LogP contribution in [0.15, 0.2) is 29.8 Å². The SMILES string of the molecule is CC1(C)CC2C3=C(c4ccccc4N)CC4C5(C)Cc6c(n[nH]c6N)C(C)(C)C5CCC4(C)C3(C)CCC2[C@H](C(=O)O)C1. The fourth-order valence-electron chi connectivity index (χ4n) is 12.4. The molecule has 1 aromatic heterocycles. The molecule has 0 bridgehead atoms. The number of nitrogens with two attached hydrogens (primary N) is 2. The van der Waals surface area contributed by atoms with Crippen LogP contribution in [0.25, 0.3) is 5.57 Å². The molecule has 0 saturated heterocycles. The number of hydrogen-bond acceptors (Lipinski definition) is 4. The van der Waals surface area contributed by atoms with Crippen LogP contribution in [-0.4, -0.2) is 21.3 Å². The third kappa shape index (κ3) is 3.70. The van der Waals surface area contributed by atoms with E-state index in [0.29, 0.717) is 11.8 Å². The van der Waals surface area contributed by atoms with Crippen molar-refractivity contribution in [3.8, 4) is 0 Å². The van der Waals surface area contributed by atoms with Crippen LogP contribution in [0.2, 0.25) is 0 Å². The Bertz CT molecular complexity index is 1530. The minimum Gasteiger partial charge on any atom is -0.481 e. The third-order valence-corrected chi connectivity index (χ3v) is 14.4. The maximum absolute atomic E-state index is 12.7. The van der Waals surface area contributed by atoms with Gasteiger partial charge in [0.1, 0.15) is 5.82 Å². The van der Waals surface area contributed by atoms with Crippen LogP contribution in [0, 0.1) is 51.2 Å². The Morgan fingerprint density at radius 1 is 0.977 bits per heavy atom. The number of hydrogen-bond donors (Lipinski definition) is 4. The van der Waals surface area contributed by atoms with Gasteiger partial charge in [0.25, 0.3) is 0 Å². The molecule has 6 nitrogen and oxygen atoms in total. The smallest absolute Gasteiger partial charge is 0.306 e. The summed E-state index contributed by atoms with van der Waals surface area (Å²) in [5.74, 6) is 1.20. The lowest BCUT2D eigenvalue weighted by atomic mass is 9.33. The van der Waals surface area contributed by atoms with E-state index in [1.54, 1.807) is 5.57 Å². The van der Waals surface area contributed by atoms with E-state index in [1.807, 2.05) is 12.1 Å². The summed E-state index contributed by atoms with van der Waals surface area (Å²) < 4.78 is 0. The summed E-state index contributed by atoms with van der Waals surface area (Å²) in [5, 5.41) is 18.4. The Morgan fingerprint density at radius 2 is 1.70 bits per heavy atom. The summed E-state index contributed by atoms with van der Waals surface area (Å²) in [6.45, 7) is 17.1. The van der Waals surface area contributed by atoms with Gasteiger partial charge >= 0.3 is 5.97 Å². The van der Waals surface area contributed by atoms with E-state index in [1.165, 1.54) is 29.5 Å². The Kier molecular flexibility index (Phi) is 6.01. The summed E-state index contributed by atoms with van der Waals surface area (Å²) in [7, 11) is 0. The van der Waals surface area contributed by atoms with E-state index in [9.17, 15) is 9.90 Å². The largest absolute Gasteiger partial charge is 0.481 e. The second-order valence-electron chi connectivity index (χ2n) is 17.3. The van der Waals surface area contributed by atoms with Gasteiger partial charge in [0, 0.05) is 22.2 Å². The number of nitrogen functional groups attached to an aromatic ring is 2. The highest BCUT2D eigenvalue weighted by atomic mass is 16.4. The maximum atomic E-state index is 12.7. The first kappa shape index (κ1) is 29.0. The number of carbonyl (C=O) groups is 1. The predicted molar refractivity (Wildman–Crippen MR) is 173 cm³/mol. The number of benzene rings is 1. The number of nitrogens with zero attached hydrogens (tertiary/aromatic N) is 1. The molecule has 7 unspecified atom stereocenters. The van der Waals surface area contributed by atoms with E-state index in [2.05, 4.69) is 65.7 Å². The number of aliphatic carboxylic acids is 1. The Hall–Kier alpha value is -2.76. The lowest BCUT2D eigenvalue weighted by Crippen LogP contribution is -2.64. The van der Waals surface area contributed by atoms with E-state index >= 15 is 0 Å². The normalized spacial score (nSPS) is 40.9. The number of fused-ring (bicyclic) bond motifs is 8. The second kappa shape index (κ2) is 8.91. The standard InChI is InChI=1S/C37H52N4O2/c1-33(2)17-23-20(24(18-33)32(42)43)12-14-37(7)29(23)22(21-10-8-9-11-26(21)38)16-28-35(5)19-25-30(40-41-31(25)39)34(3,4)27(35)13-15-36(28,37)6/h8-11,20,23-24,27-28H,12-19,38H2,1-7H3,(H,42,43)(H3,39,40,41)/t20?,23?,24-,27?,28?,35?,36?,37?/m1/s1. The minimum absolute atomic E-state index is 0.0210. The number of allylic oxidation sites excluding steroid dienone is 2. The molecule has 232 valence electrons. The van der Waals surface area contributed by atoms with Crippen LogP contribution in [0.1, 0.15) is 110 Å². The molecule has 5 aliphatic rings. The van der Waals surface area contributed by atoms with Gasteiger partial charge in [0.15, 0.2) is 0 Å². The van der Waals surface area contributed by atoms with Crippen molar-refractivity contribution < 1.29 is 9.90 Å². The number of nitrogens with one attached hydrogen (secondary N) is 1. The first-order valence-corrected chi connectivity index (χ1v) is 16.7. The molecule has 6 N–H and O–H groups in total. The molecule has 8 atom stereocenters. The van der Waals surface area contributed by atoms with Crippen LogP contribution in [-0.2, 0) is 16.6 Å². The van der Waals surface area contributed by atoms with Crippen LogP contribution in [0.3, 0.4) is 0 Å². The molecule has 0 spiro atoms. The van der Waals surface area contributed by atoms with Gasteiger partial charge in [-0.05, 0) is 108 Å². The van der Waals surface area contributed by atoms with Crippen LogP contribution in [0.4, 0.5) is 11.5 Å². The Labute approximate surface area is 257 Å². The molecule has 0 amide bonds. The van der Waals surface area contributed by atoms with Gasteiger partial charge in [0.2, 0.25) is 0 Å². The van der Waals surface area contributed by atoms with E-state index < -0.39 is 5.97 Å². The van der Waals surface area contributed by atoms with Crippen molar-refractivity contribution >= 4 is 23.0 Å². The molecular weight excluding hydrogens is 532 g/mol. The zero-order valence-corrected chi connectivity index (χ0v) is 27.3.